The van der Waals surface area contributed by atoms with Crippen LogP contribution in [0.4, 0.5) is 22.0 Å². The molecule has 0 unspecified atom stereocenters. The van der Waals surface area contributed by atoms with E-state index in [0.29, 0.717) is 11.1 Å². The topological polar surface area (TPSA) is 50.2 Å². The number of H-pyrrole nitrogens is 1. The highest BCUT2D eigenvalue weighted by molar-refractivity contribution is 5.91. The lowest BCUT2D eigenvalue weighted by molar-refractivity contribution is -0.137. The van der Waals surface area contributed by atoms with Crippen molar-refractivity contribution in [2.45, 2.75) is 13.1 Å². The molecule has 0 aliphatic carbocycles. The summed E-state index contributed by atoms with van der Waals surface area (Å²) in [5.74, 6) is -1.62. The van der Waals surface area contributed by atoms with Gasteiger partial charge in [-0.25, -0.2) is 8.78 Å². The Morgan fingerprint density at radius 2 is 1.57 bits per heavy atom. The molecule has 4 nitrogen and oxygen atoms in total. The zero-order valence-corrected chi connectivity index (χ0v) is 18.1. The Morgan fingerprint density at radius 1 is 0.886 bits per heavy atom. The minimum atomic E-state index is -4.51. The number of benzene rings is 3. The molecule has 176 valence electrons. The van der Waals surface area contributed by atoms with E-state index in [2.05, 4.69) is 10.1 Å². The third-order valence-corrected chi connectivity index (χ3v) is 5.77. The molecule has 0 atom stereocenters. The van der Waals surface area contributed by atoms with E-state index < -0.39 is 28.9 Å². The number of aromatic nitrogens is 3. The van der Waals surface area contributed by atoms with Crippen LogP contribution in [-0.2, 0) is 6.18 Å². The lowest BCUT2D eigenvalue weighted by atomic mass is 10.00. The van der Waals surface area contributed by atoms with Gasteiger partial charge in [0.15, 0.2) is 0 Å². The fourth-order valence-corrected chi connectivity index (χ4v) is 4.02. The molecule has 0 spiro atoms. The lowest BCUT2D eigenvalue weighted by Gasteiger charge is -2.11. The van der Waals surface area contributed by atoms with Gasteiger partial charge in [-0.15, -0.1) is 0 Å². The van der Waals surface area contributed by atoms with Crippen molar-refractivity contribution < 1.29 is 22.0 Å². The summed E-state index contributed by atoms with van der Waals surface area (Å²) in [5.41, 5.74) is 0.696. The highest BCUT2D eigenvalue weighted by atomic mass is 19.4. The molecule has 0 saturated carbocycles. The van der Waals surface area contributed by atoms with Gasteiger partial charge in [-0.3, -0.25) is 4.79 Å². The fraction of sp³-hybridized carbons (Fsp3) is 0.0769. The number of aromatic amines is 1. The van der Waals surface area contributed by atoms with Crippen molar-refractivity contribution in [1.29, 1.82) is 0 Å². The van der Waals surface area contributed by atoms with E-state index in [1.54, 1.807) is 30.3 Å². The first-order valence-corrected chi connectivity index (χ1v) is 10.5. The molecule has 0 radical (unpaired) electrons. The average Bonchev–Trinajstić information content (AvgIpc) is 3.21. The van der Waals surface area contributed by atoms with Crippen LogP contribution < -0.4 is 5.56 Å². The second-order valence-electron chi connectivity index (χ2n) is 7.98. The van der Waals surface area contributed by atoms with E-state index in [-0.39, 0.29) is 33.7 Å². The zero-order chi connectivity index (χ0) is 24.9. The highest BCUT2D eigenvalue weighted by Gasteiger charge is 2.30. The van der Waals surface area contributed by atoms with Crippen LogP contribution >= 0.6 is 0 Å². The number of hydrogen-bond acceptors (Lipinski definition) is 2. The predicted octanol–water partition coefficient (Wildman–Crippen LogP) is 6.63. The molecule has 3 aromatic carbocycles. The molecule has 0 amide bonds. The maximum Gasteiger partial charge on any atom is 0.416 e. The van der Waals surface area contributed by atoms with Crippen molar-refractivity contribution in [2.24, 2.45) is 0 Å². The van der Waals surface area contributed by atoms with Gasteiger partial charge in [-0.2, -0.15) is 22.8 Å². The van der Waals surface area contributed by atoms with Crippen molar-refractivity contribution in [2.75, 3.05) is 0 Å². The third-order valence-electron chi connectivity index (χ3n) is 5.77. The maximum atomic E-state index is 14.9. The molecule has 0 aliphatic heterocycles. The van der Waals surface area contributed by atoms with Crippen LogP contribution in [0.2, 0.25) is 0 Å². The Balaban J connectivity index is 1.83. The second kappa shape index (κ2) is 8.19. The number of fused-ring (bicyclic) bond motifs is 1. The van der Waals surface area contributed by atoms with Crippen LogP contribution in [0.5, 0.6) is 0 Å². The summed E-state index contributed by atoms with van der Waals surface area (Å²) in [6, 6.07) is 16.2. The van der Waals surface area contributed by atoms with Gasteiger partial charge in [0.1, 0.15) is 23.0 Å². The van der Waals surface area contributed by atoms with Gasteiger partial charge in [-0.05, 0) is 36.8 Å². The van der Waals surface area contributed by atoms with Crippen LogP contribution in [-0.4, -0.2) is 14.6 Å². The Hall–Kier alpha value is -4.27. The highest BCUT2D eigenvalue weighted by Crippen LogP contribution is 2.37. The Bertz CT molecular complexity index is 1620. The normalized spacial score (nSPS) is 11.8. The standard InChI is InChI=1S/C26H16F5N3O/c1-14-22(16-7-9-17(10-8-16)26(29,30)31)32-24-21(19-12-11-18(27)13-20(19)28)23(33-34(24)25(14)35)15-5-3-2-4-6-15/h2-13,32H,1H3. The molecule has 2 heterocycles. The zero-order valence-electron chi connectivity index (χ0n) is 18.1. The van der Waals surface area contributed by atoms with Crippen LogP contribution in [0.25, 0.3) is 39.3 Å². The van der Waals surface area contributed by atoms with Crippen molar-refractivity contribution in [3.63, 3.8) is 0 Å². The molecule has 0 aliphatic rings. The Kier molecular flexibility index (Phi) is 5.27. The first-order valence-electron chi connectivity index (χ1n) is 10.5. The molecule has 1 N–H and O–H groups in total. The van der Waals surface area contributed by atoms with E-state index >= 15 is 0 Å². The van der Waals surface area contributed by atoms with Gasteiger partial charge in [0.05, 0.1) is 16.8 Å². The van der Waals surface area contributed by atoms with Crippen LogP contribution in [0, 0.1) is 18.6 Å². The molecule has 5 aromatic rings. The molecule has 9 heteroatoms. The third kappa shape index (κ3) is 3.88. The molecule has 0 saturated heterocycles. The summed E-state index contributed by atoms with van der Waals surface area (Å²) in [6.45, 7) is 1.52. The SMILES string of the molecule is Cc1c(-c2ccc(C(F)(F)F)cc2)[nH]c2c(-c3ccc(F)cc3F)c(-c3ccccc3)nn2c1=O. The van der Waals surface area contributed by atoms with E-state index in [0.717, 1.165) is 28.8 Å². The molecule has 5 rings (SSSR count). The monoisotopic (exact) mass is 481 g/mol. The van der Waals surface area contributed by atoms with E-state index in [1.807, 2.05) is 0 Å². The average molecular weight is 481 g/mol. The first-order chi connectivity index (χ1) is 16.6. The van der Waals surface area contributed by atoms with E-state index in [9.17, 15) is 26.7 Å². The number of alkyl halides is 3. The molecule has 2 aromatic heterocycles. The smallest absolute Gasteiger partial charge is 0.339 e. The molecular weight excluding hydrogens is 465 g/mol. The molecule has 35 heavy (non-hydrogen) atoms. The van der Waals surface area contributed by atoms with Gasteiger partial charge >= 0.3 is 6.18 Å². The van der Waals surface area contributed by atoms with Gasteiger partial charge in [-0.1, -0.05) is 42.5 Å². The number of nitrogens with one attached hydrogen (secondary N) is 1. The molecule has 0 bridgehead atoms. The molecular formula is C26H16F5N3O. The van der Waals surface area contributed by atoms with Gasteiger partial charge in [0, 0.05) is 22.8 Å². The number of hydrogen-bond donors (Lipinski definition) is 1. The predicted molar refractivity (Wildman–Crippen MR) is 122 cm³/mol. The number of nitrogens with zero attached hydrogens (tertiary/aromatic N) is 2. The van der Waals surface area contributed by atoms with Crippen LogP contribution in [0.15, 0.2) is 77.6 Å². The van der Waals surface area contributed by atoms with Crippen molar-refractivity contribution in [3.05, 3.63) is 106 Å². The van der Waals surface area contributed by atoms with Crippen molar-refractivity contribution in [1.82, 2.24) is 14.6 Å². The van der Waals surface area contributed by atoms with Crippen molar-refractivity contribution in [3.8, 4) is 33.6 Å². The summed E-state index contributed by atoms with van der Waals surface area (Å²) >= 11 is 0. The van der Waals surface area contributed by atoms with Gasteiger partial charge in [0.2, 0.25) is 0 Å². The van der Waals surface area contributed by atoms with E-state index in [1.165, 1.54) is 25.1 Å². The molecule has 0 fully saturated rings. The fourth-order valence-electron chi connectivity index (χ4n) is 4.02. The van der Waals surface area contributed by atoms with E-state index in [4.69, 9.17) is 0 Å². The number of halogens is 5. The van der Waals surface area contributed by atoms with Gasteiger partial charge in [0.25, 0.3) is 5.56 Å². The van der Waals surface area contributed by atoms with Crippen LogP contribution in [0.3, 0.4) is 0 Å². The summed E-state index contributed by atoms with van der Waals surface area (Å²) < 4.78 is 68.7. The largest absolute Gasteiger partial charge is 0.416 e. The summed E-state index contributed by atoms with van der Waals surface area (Å²) in [4.78, 5) is 16.3. The first kappa shape index (κ1) is 22.5. The Morgan fingerprint density at radius 3 is 2.20 bits per heavy atom. The number of rotatable bonds is 3. The minimum Gasteiger partial charge on any atom is -0.339 e. The Labute approximate surface area is 195 Å². The lowest BCUT2D eigenvalue weighted by Crippen LogP contribution is -2.19. The van der Waals surface area contributed by atoms with Crippen molar-refractivity contribution >= 4 is 5.65 Å². The minimum absolute atomic E-state index is 0.0122. The quantitative estimate of drug-likeness (QED) is 0.294. The summed E-state index contributed by atoms with van der Waals surface area (Å²) in [5, 5.41) is 4.43. The van der Waals surface area contributed by atoms with Crippen LogP contribution in [0.1, 0.15) is 11.1 Å². The summed E-state index contributed by atoms with van der Waals surface area (Å²) in [6.07, 6.45) is -4.51. The van der Waals surface area contributed by atoms with Gasteiger partial charge < -0.3 is 4.98 Å². The second-order valence-corrected chi connectivity index (χ2v) is 7.98. The maximum absolute atomic E-state index is 14.9. The summed E-state index contributed by atoms with van der Waals surface area (Å²) in [7, 11) is 0.